The van der Waals surface area contributed by atoms with Crippen molar-refractivity contribution in [3.05, 3.63) is 0 Å². The van der Waals surface area contributed by atoms with Gasteiger partial charge in [-0.1, -0.05) is 194 Å². The van der Waals surface area contributed by atoms with Crippen molar-refractivity contribution in [2.24, 2.45) is 0 Å². The van der Waals surface area contributed by atoms with Crippen LogP contribution in [0.4, 0.5) is 0 Å². The highest BCUT2D eigenvalue weighted by molar-refractivity contribution is 6.21. The van der Waals surface area contributed by atoms with Crippen molar-refractivity contribution in [2.45, 2.75) is 249 Å². The first kappa shape index (κ1) is 53.4. The number of carbonyl (C=O) groups excluding carboxylic acids is 4. The van der Waals surface area contributed by atoms with Gasteiger partial charge < -0.3 is 30.6 Å². The predicted octanol–water partition coefficient (Wildman–Crippen LogP) is 8.34. The lowest BCUT2D eigenvalue weighted by molar-refractivity contribution is -0.172. The van der Waals surface area contributed by atoms with Gasteiger partial charge in [0.25, 0.3) is 0 Å². The number of hydrogen-bond donors (Lipinski definition) is 6. The number of Topliss-reactive ketones (excluding diaryl/α,β-unsaturated/α-hetero) is 4. The van der Waals surface area contributed by atoms with Gasteiger partial charge in [-0.25, -0.2) is 0 Å². The van der Waals surface area contributed by atoms with Gasteiger partial charge in [-0.3, -0.25) is 19.2 Å². The summed E-state index contributed by atoms with van der Waals surface area (Å²) in [5.74, 6) is -5.13. The van der Waals surface area contributed by atoms with Crippen molar-refractivity contribution < 1.29 is 49.8 Å². The van der Waals surface area contributed by atoms with E-state index >= 15 is 0 Å². The molecule has 324 valence electrons. The Labute approximate surface area is 334 Å². The van der Waals surface area contributed by atoms with E-state index in [1.807, 2.05) is 0 Å². The Kier molecular flexibility index (Phi) is 33.5. The van der Waals surface area contributed by atoms with Crippen LogP contribution in [0.2, 0.25) is 0 Å². The smallest absolute Gasteiger partial charge is 0.210 e. The van der Waals surface area contributed by atoms with Crippen LogP contribution in [0.15, 0.2) is 0 Å². The van der Waals surface area contributed by atoms with Gasteiger partial charge >= 0.3 is 0 Å². The van der Waals surface area contributed by atoms with Crippen molar-refractivity contribution in [1.29, 1.82) is 0 Å². The molecule has 4 atom stereocenters. The topological polar surface area (TPSA) is 190 Å². The highest BCUT2D eigenvalue weighted by Gasteiger charge is 2.54. The molecule has 0 saturated carbocycles. The molecular weight excluding hydrogens is 700 g/mol. The molecule has 0 heterocycles. The van der Waals surface area contributed by atoms with Crippen molar-refractivity contribution in [3.63, 3.8) is 0 Å². The first-order chi connectivity index (χ1) is 26.5. The van der Waals surface area contributed by atoms with E-state index < -0.39 is 66.2 Å². The van der Waals surface area contributed by atoms with Gasteiger partial charge in [0.1, 0.15) is 12.2 Å². The molecule has 4 unspecified atom stereocenters. The quantitative estimate of drug-likeness (QED) is 0.0259. The third-order valence-corrected chi connectivity index (χ3v) is 11.3. The molecule has 55 heavy (non-hydrogen) atoms. The van der Waals surface area contributed by atoms with Crippen LogP contribution in [-0.4, -0.2) is 90.4 Å². The molecule has 0 radical (unpaired) electrons. The zero-order valence-corrected chi connectivity index (χ0v) is 35.2. The van der Waals surface area contributed by atoms with Crippen LogP contribution < -0.4 is 0 Å². The molecule has 0 rings (SSSR count). The van der Waals surface area contributed by atoms with Crippen LogP contribution in [0.1, 0.15) is 226 Å². The molecular formula is C45H84O10. The second-order valence-corrected chi connectivity index (χ2v) is 16.2. The first-order valence-electron chi connectivity index (χ1n) is 22.6. The van der Waals surface area contributed by atoms with Crippen LogP contribution in [-0.2, 0) is 19.2 Å². The van der Waals surface area contributed by atoms with Crippen LogP contribution in [0.3, 0.4) is 0 Å². The van der Waals surface area contributed by atoms with Crippen molar-refractivity contribution >= 4 is 23.1 Å². The lowest BCUT2D eigenvalue weighted by atomic mass is 9.78. The maximum atomic E-state index is 13.2. The van der Waals surface area contributed by atoms with Gasteiger partial charge in [-0.2, -0.15) is 0 Å². The van der Waals surface area contributed by atoms with Gasteiger partial charge in [0.2, 0.25) is 11.2 Å². The minimum Gasteiger partial charge on any atom is -0.394 e. The Morgan fingerprint density at radius 2 is 0.564 bits per heavy atom. The molecule has 0 aliphatic heterocycles. The Morgan fingerprint density at radius 3 is 0.764 bits per heavy atom. The number of hydrogen-bond acceptors (Lipinski definition) is 10. The van der Waals surface area contributed by atoms with E-state index in [9.17, 15) is 49.8 Å². The van der Waals surface area contributed by atoms with E-state index in [0.29, 0.717) is 25.7 Å². The maximum Gasteiger partial charge on any atom is 0.210 e. The molecule has 0 fully saturated rings. The van der Waals surface area contributed by atoms with E-state index in [-0.39, 0.29) is 12.8 Å². The fraction of sp³-hybridized carbons (Fsp3) is 0.911. The van der Waals surface area contributed by atoms with E-state index in [1.165, 1.54) is 116 Å². The SMILES string of the molecule is CCCCCCCCCCCCCCCCCC(=O)C(O)(C(=O)CC(=O)C(O)(C(=O)CCCCCCCCCCCCCCCCC)C(O)CO)C(O)CO. The Balaban J connectivity index is 4.70. The van der Waals surface area contributed by atoms with Gasteiger partial charge in [-0.15, -0.1) is 0 Å². The summed E-state index contributed by atoms with van der Waals surface area (Å²) in [6.07, 6.45) is 26.9. The third-order valence-electron chi connectivity index (χ3n) is 11.3. The fourth-order valence-corrected chi connectivity index (χ4v) is 7.43. The number of aliphatic hydroxyl groups is 6. The predicted molar refractivity (Wildman–Crippen MR) is 220 cm³/mol. The number of carbonyl (C=O) groups is 4. The maximum absolute atomic E-state index is 13.2. The van der Waals surface area contributed by atoms with Gasteiger partial charge in [-0.05, 0) is 12.8 Å². The summed E-state index contributed by atoms with van der Waals surface area (Å²) < 4.78 is 0. The van der Waals surface area contributed by atoms with Crippen LogP contribution in [0.5, 0.6) is 0 Å². The molecule has 0 aliphatic rings. The molecule has 0 aromatic rings. The number of ketones is 4. The molecule has 6 N–H and O–H groups in total. The minimum absolute atomic E-state index is 0.284. The van der Waals surface area contributed by atoms with E-state index in [0.717, 1.165) is 51.4 Å². The van der Waals surface area contributed by atoms with E-state index in [1.54, 1.807) is 0 Å². The molecule has 10 nitrogen and oxygen atoms in total. The van der Waals surface area contributed by atoms with Gasteiger partial charge in [0.15, 0.2) is 23.1 Å². The van der Waals surface area contributed by atoms with Crippen molar-refractivity contribution in [3.8, 4) is 0 Å². The summed E-state index contributed by atoms with van der Waals surface area (Å²) in [7, 11) is 0. The average molecular weight is 785 g/mol. The summed E-state index contributed by atoms with van der Waals surface area (Å²) >= 11 is 0. The molecule has 0 aliphatic carbocycles. The van der Waals surface area contributed by atoms with E-state index in [4.69, 9.17) is 0 Å². The monoisotopic (exact) mass is 785 g/mol. The van der Waals surface area contributed by atoms with E-state index in [2.05, 4.69) is 13.8 Å². The summed E-state index contributed by atoms with van der Waals surface area (Å²) in [6.45, 7) is 2.15. The zero-order valence-electron chi connectivity index (χ0n) is 35.2. The molecule has 0 spiro atoms. The highest BCUT2D eigenvalue weighted by atomic mass is 16.4. The number of unbranched alkanes of at least 4 members (excludes halogenated alkanes) is 28. The van der Waals surface area contributed by atoms with Gasteiger partial charge in [0.05, 0.1) is 19.6 Å². The molecule has 0 aromatic carbocycles. The van der Waals surface area contributed by atoms with Crippen LogP contribution in [0.25, 0.3) is 0 Å². The molecule has 0 aromatic heterocycles. The summed E-state index contributed by atoms with van der Waals surface area (Å²) in [5, 5.41) is 62.0. The summed E-state index contributed by atoms with van der Waals surface area (Å²) in [4.78, 5) is 52.7. The fourth-order valence-electron chi connectivity index (χ4n) is 7.43. The number of aliphatic hydroxyl groups excluding tert-OH is 4. The second kappa shape index (κ2) is 34.5. The standard InChI is InChI=1S/C45H84O10/c1-3-5-7-9-11-13-15-17-19-21-23-25-27-29-31-33-38(48)44(54,42(52)36-46)40(50)35-41(51)45(55,43(53)37-47)39(49)34-32-30-28-26-24-22-20-18-16-14-12-10-8-6-4-2/h42-43,46-47,52-55H,3-37H2,1-2H3. The molecule has 0 amide bonds. The molecule has 10 heteroatoms. The molecule has 0 bridgehead atoms. The average Bonchev–Trinajstić information content (AvgIpc) is 3.18. The van der Waals surface area contributed by atoms with Crippen molar-refractivity contribution in [1.82, 2.24) is 0 Å². The number of rotatable bonds is 42. The Morgan fingerprint density at radius 1 is 0.364 bits per heavy atom. The first-order valence-corrected chi connectivity index (χ1v) is 22.6. The Hall–Kier alpha value is -1.56. The third kappa shape index (κ3) is 22.8. The van der Waals surface area contributed by atoms with Crippen LogP contribution >= 0.6 is 0 Å². The Bertz CT molecular complexity index is 911. The highest BCUT2D eigenvalue weighted by Crippen LogP contribution is 2.26. The lowest BCUT2D eigenvalue weighted by Crippen LogP contribution is -2.61. The molecule has 0 saturated heterocycles. The lowest BCUT2D eigenvalue weighted by Gasteiger charge is -2.32. The van der Waals surface area contributed by atoms with Crippen LogP contribution in [0, 0.1) is 0 Å². The van der Waals surface area contributed by atoms with Gasteiger partial charge in [0, 0.05) is 12.8 Å². The second-order valence-electron chi connectivity index (χ2n) is 16.2. The summed E-state index contributed by atoms with van der Waals surface area (Å²) in [6, 6.07) is 0. The normalized spacial score (nSPS) is 15.0. The zero-order chi connectivity index (χ0) is 41.2. The van der Waals surface area contributed by atoms with Crippen molar-refractivity contribution in [2.75, 3.05) is 13.2 Å². The minimum atomic E-state index is -3.14. The summed E-state index contributed by atoms with van der Waals surface area (Å²) in [5.41, 5.74) is -6.27. The largest absolute Gasteiger partial charge is 0.394 e.